The summed E-state index contributed by atoms with van der Waals surface area (Å²) in [7, 11) is 1.62. The lowest BCUT2D eigenvalue weighted by Gasteiger charge is -2.19. The van der Waals surface area contributed by atoms with Crippen LogP contribution in [0.5, 0.6) is 5.75 Å². The summed E-state index contributed by atoms with van der Waals surface area (Å²) in [6.45, 7) is 0.960. The van der Waals surface area contributed by atoms with E-state index in [1.807, 2.05) is 24.3 Å². The average molecular weight is 391 g/mol. The monoisotopic (exact) mass is 390 g/mol. The van der Waals surface area contributed by atoms with Gasteiger partial charge in [-0.3, -0.25) is 14.9 Å². The Labute approximate surface area is 162 Å². The van der Waals surface area contributed by atoms with Crippen molar-refractivity contribution >= 4 is 28.9 Å². The van der Waals surface area contributed by atoms with Crippen molar-refractivity contribution in [3.63, 3.8) is 0 Å². The molecule has 0 bridgehead atoms. The van der Waals surface area contributed by atoms with Gasteiger partial charge in [0.2, 0.25) is 0 Å². The van der Waals surface area contributed by atoms with Crippen LogP contribution in [-0.4, -0.2) is 30.5 Å². The van der Waals surface area contributed by atoms with Gasteiger partial charge in [-0.05, 0) is 36.4 Å². The van der Waals surface area contributed by atoms with Gasteiger partial charge in [0.25, 0.3) is 11.6 Å². The minimum atomic E-state index is -0.551. The highest BCUT2D eigenvalue weighted by molar-refractivity contribution is 6.31. The first-order valence-corrected chi connectivity index (χ1v) is 9.05. The Hall–Kier alpha value is -2.64. The molecule has 0 aromatic heterocycles. The van der Waals surface area contributed by atoms with Crippen molar-refractivity contribution in [1.82, 2.24) is 0 Å². The smallest absolute Gasteiger partial charge is 0.294 e. The van der Waals surface area contributed by atoms with Crippen LogP contribution in [0.2, 0.25) is 5.02 Å². The Morgan fingerprint density at radius 3 is 2.59 bits per heavy atom. The quantitative estimate of drug-likeness (QED) is 0.535. The minimum absolute atomic E-state index is 0.161. The number of nitrogens with one attached hydrogen (secondary N) is 2. The maximum atomic E-state index is 12.5. The molecule has 27 heavy (non-hydrogen) atoms. The molecular weight excluding hydrogens is 370 g/mol. The zero-order valence-corrected chi connectivity index (χ0v) is 15.7. The highest BCUT2D eigenvalue weighted by atomic mass is 35.5. The minimum Gasteiger partial charge on any atom is -0.497 e. The molecule has 1 saturated carbocycles. The van der Waals surface area contributed by atoms with Gasteiger partial charge in [-0.1, -0.05) is 11.6 Å². The molecule has 8 heteroatoms. The molecule has 0 spiro atoms. The molecule has 0 aliphatic heterocycles. The standard InChI is InChI=1S/C19H20ClN3O4/c1-27-16-7-2-13(3-8-16)11-22(15-5-6-15)12-19(24)21-17-9-4-14(20)10-18(17)23(25)26/h2-4,7-10,15H,5-6,11-12H2,1H3,(H,21,24)/p+1. The summed E-state index contributed by atoms with van der Waals surface area (Å²) in [4.78, 5) is 24.3. The second-order valence-corrected chi connectivity index (χ2v) is 7.04. The Balaban J connectivity index is 1.66. The number of carbonyl (C=O) groups is 1. The van der Waals surface area contributed by atoms with E-state index in [4.69, 9.17) is 16.3 Å². The molecule has 1 amide bonds. The average Bonchev–Trinajstić information content (AvgIpc) is 3.48. The second kappa shape index (κ2) is 8.37. The third-order valence-electron chi connectivity index (χ3n) is 4.56. The van der Waals surface area contributed by atoms with Crippen LogP contribution in [-0.2, 0) is 11.3 Å². The Kier molecular flexibility index (Phi) is 5.93. The molecule has 1 atom stereocenters. The fourth-order valence-electron chi connectivity index (χ4n) is 3.01. The molecule has 3 rings (SSSR count). The van der Waals surface area contributed by atoms with E-state index in [1.165, 1.54) is 18.2 Å². The van der Waals surface area contributed by atoms with Crippen molar-refractivity contribution in [2.45, 2.75) is 25.4 Å². The van der Waals surface area contributed by atoms with E-state index >= 15 is 0 Å². The normalized spacial score (nSPS) is 14.4. The molecule has 1 aliphatic carbocycles. The van der Waals surface area contributed by atoms with Crippen LogP contribution in [0.25, 0.3) is 0 Å². The lowest BCUT2D eigenvalue weighted by atomic mass is 10.2. The predicted octanol–water partition coefficient (Wildman–Crippen LogP) is 2.44. The van der Waals surface area contributed by atoms with E-state index < -0.39 is 4.92 Å². The van der Waals surface area contributed by atoms with Crippen molar-refractivity contribution in [3.05, 3.63) is 63.2 Å². The first kappa shape index (κ1) is 19.1. The SMILES string of the molecule is COc1ccc(C[NH+](CC(=O)Nc2ccc(Cl)cc2[N+](=O)[O-])C2CC2)cc1. The third-order valence-corrected chi connectivity index (χ3v) is 4.80. The maximum Gasteiger partial charge on any atom is 0.294 e. The fraction of sp³-hybridized carbons (Fsp3) is 0.316. The zero-order valence-electron chi connectivity index (χ0n) is 14.9. The van der Waals surface area contributed by atoms with Gasteiger partial charge in [0.15, 0.2) is 6.54 Å². The van der Waals surface area contributed by atoms with Gasteiger partial charge in [-0.2, -0.15) is 0 Å². The maximum absolute atomic E-state index is 12.5. The number of nitrogens with zero attached hydrogens (tertiary/aromatic N) is 1. The molecule has 2 N–H and O–H groups in total. The van der Waals surface area contributed by atoms with Crippen molar-refractivity contribution in [2.75, 3.05) is 19.0 Å². The summed E-state index contributed by atoms with van der Waals surface area (Å²) in [5.74, 6) is 0.537. The van der Waals surface area contributed by atoms with E-state index in [0.29, 0.717) is 12.6 Å². The van der Waals surface area contributed by atoms with Crippen LogP contribution >= 0.6 is 11.6 Å². The zero-order chi connectivity index (χ0) is 19.4. The number of ether oxygens (including phenoxy) is 1. The van der Waals surface area contributed by atoms with Gasteiger partial charge in [0, 0.05) is 29.5 Å². The number of rotatable bonds is 8. The molecule has 7 nitrogen and oxygen atoms in total. The van der Waals surface area contributed by atoms with Crippen molar-refractivity contribution in [2.24, 2.45) is 0 Å². The summed E-state index contributed by atoms with van der Waals surface area (Å²) in [5, 5.41) is 14.1. The van der Waals surface area contributed by atoms with E-state index in [0.717, 1.165) is 29.1 Å². The number of anilines is 1. The van der Waals surface area contributed by atoms with Crippen molar-refractivity contribution < 1.29 is 19.4 Å². The fourth-order valence-corrected chi connectivity index (χ4v) is 3.18. The van der Waals surface area contributed by atoms with Gasteiger partial charge in [-0.15, -0.1) is 0 Å². The van der Waals surface area contributed by atoms with E-state index in [2.05, 4.69) is 5.32 Å². The number of nitro benzene ring substituents is 1. The molecule has 0 heterocycles. The van der Waals surface area contributed by atoms with Gasteiger partial charge in [-0.25, -0.2) is 0 Å². The Morgan fingerprint density at radius 1 is 1.30 bits per heavy atom. The third kappa shape index (κ3) is 5.18. The van der Waals surface area contributed by atoms with Gasteiger partial charge in [0.1, 0.15) is 18.0 Å². The number of benzene rings is 2. The number of hydrogen-bond acceptors (Lipinski definition) is 4. The Bertz CT molecular complexity index is 837. The van der Waals surface area contributed by atoms with Crippen LogP contribution < -0.4 is 15.0 Å². The number of quaternary nitrogens is 1. The molecule has 0 saturated heterocycles. The molecular formula is C19H21ClN3O4+. The van der Waals surface area contributed by atoms with E-state index in [9.17, 15) is 14.9 Å². The van der Waals surface area contributed by atoms with Gasteiger partial charge in [0.05, 0.1) is 18.1 Å². The molecule has 142 valence electrons. The van der Waals surface area contributed by atoms with Crippen molar-refractivity contribution in [3.8, 4) is 5.75 Å². The summed E-state index contributed by atoms with van der Waals surface area (Å²) < 4.78 is 5.17. The molecule has 2 aromatic rings. The summed E-state index contributed by atoms with van der Waals surface area (Å²) in [5.41, 5.74) is 1.07. The number of nitro groups is 1. The number of hydrogen-bond donors (Lipinski definition) is 2. The summed E-state index contributed by atoms with van der Waals surface area (Å²) in [6.07, 6.45) is 2.17. The van der Waals surface area contributed by atoms with Gasteiger partial charge < -0.3 is 15.0 Å². The second-order valence-electron chi connectivity index (χ2n) is 6.60. The van der Waals surface area contributed by atoms with E-state index in [1.54, 1.807) is 7.11 Å². The summed E-state index contributed by atoms with van der Waals surface area (Å²) in [6, 6.07) is 12.4. The lowest BCUT2D eigenvalue weighted by molar-refractivity contribution is -0.916. The Morgan fingerprint density at radius 2 is 2.00 bits per heavy atom. The van der Waals surface area contributed by atoms with Crippen LogP contribution in [0.1, 0.15) is 18.4 Å². The first-order chi connectivity index (χ1) is 13.0. The van der Waals surface area contributed by atoms with Gasteiger partial charge >= 0.3 is 0 Å². The number of methoxy groups -OCH3 is 1. The highest BCUT2D eigenvalue weighted by Gasteiger charge is 2.34. The lowest BCUT2D eigenvalue weighted by Crippen LogP contribution is -3.13. The predicted molar refractivity (Wildman–Crippen MR) is 102 cm³/mol. The van der Waals surface area contributed by atoms with E-state index in [-0.39, 0.29) is 28.8 Å². The first-order valence-electron chi connectivity index (χ1n) is 8.67. The molecule has 1 unspecified atom stereocenters. The molecule has 2 aromatic carbocycles. The summed E-state index contributed by atoms with van der Waals surface area (Å²) >= 11 is 5.81. The number of amides is 1. The van der Waals surface area contributed by atoms with Crippen LogP contribution in [0.3, 0.4) is 0 Å². The van der Waals surface area contributed by atoms with Crippen LogP contribution in [0.4, 0.5) is 11.4 Å². The molecule has 1 fully saturated rings. The number of halogens is 1. The topological polar surface area (TPSA) is 85.9 Å². The molecule has 1 aliphatic rings. The van der Waals surface area contributed by atoms with Crippen LogP contribution in [0, 0.1) is 10.1 Å². The molecule has 0 radical (unpaired) electrons. The number of carbonyl (C=O) groups excluding carboxylic acids is 1. The highest BCUT2D eigenvalue weighted by Crippen LogP contribution is 2.27. The van der Waals surface area contributed by atoms with Crippen LogP contribution in [0.15, 0.2) is 42.5 Å². The largest absolute Gasteiger partial charge is 0.497 e. The van der Waals surface area contributed by atoms with Crippen molar-refractivity contribution in [1.29, 1.82) is 0 Å².